The Morgan fingerprint density at radius 2 is 1.95 bits per heavy atom. The van der Waals surface area contributed by atoms with Crippen LogP contribution in [0, 0.1) is 5.92 Å². The summed E-state index contributed by atoms with van der Waals surface area (Å²) in [5.74, 6) is 0.273. The lowest BCUT2D eigenvalue weighted by molar-refractivity contribution is -0.123. The molecule has 2 atom stereocenters. The maximum absolute atomic E-state index is 12.3. The quantitative estimate of drug-likeness (QED) is 0.792. The number of benzene rings is 1. The van der Waals surface area contributed by atoms with Crippen LogP contribution in [-0.4, -0.2) is 42.2 Å². The SMILES string of the molecule is CN(CC(=O)NC1CCCCCC1CO)Cc1ccccc1. The fraction of sp³-hybridized carbons (Fsp3) is 0.611. The molecular weight excluding hydrogens is 276 g/mol. The van der Waals surface area contributed by atoms with Gasteiger partial charge in [0.2, 0.25) is 5.91 Å². The zero-order valence-corrected chi connectivity index (χ0v) is 13.5. The topological polar surface area (TPSA) is 52.6 Å². The molecule has 0 saturated heterocycles. The van der Waals surface area contributed by atoms with Crippen molar-refractivity contribution in [1.29, 1.82) is 0 Å². The third kappa shape index (κ3) is 5.43. The van der Waals surface area contributed by atoms with Crippen molar-refractivity contribution in [3.63, 3.8) is 0 Å². The van der Waals surface area contributed by atoms with Gasteiger partial charge in [-0.3, -0.25) is 9.69 Å². The van der Waals surface area contributed by atoms with Gasteiger partial charge in [-0.05, 0) is 25.5 Å². The van der Waals surface area contributed by atoms with E-state index in [9.17, 15) is 9.90 Å². The van der Waals surface area contributed by atoms with E-state index in [1.54, 1.807) is 0 Å². The number of aliphatic hydroxyl groups excluding tert-OH is 1. The number of hydrogen-bond donors (Lipinski definition) is 2. The molecule has 1 aliphatic carbocycles. The summed E-state index contributed by atoms with van der Waals surface area (Å²) >= 11 is 0. The normalized spacial score (nSPS) is 22.3. The van der Waals surface area contributed by atoms with Crippen LogP contribution in [0.3, 0.4) is 0 Å². The lowest BCUT2D eigenvalue weighted by Gasteiger charge is -2.26. The van der Waals surface area contributed by atoms with Gasteiger partial charge in [-0.25, -0.2) is 0 Å². The number of likely N-dealkylation sites (N-methyl/N-ethyl adjacent to an activating group) is 1. The Bertz CT molecular complexity index is 450. The van der Waals surface area contributed by atoms with E-state index in [2.05, 4.69) is 17.4 Å². The van der Waals surface area contributed by atoms with Crippen molar-refractivity contribution < 1.29 is 9.90 Å². The molecule has 0 aliphatic heterocycles. The molecule has 1 aliphatic rings. The van der Waals surface area contributed by atoms with E-state index < -0.39 is 0 Å². The van der Waals surface area contributed by atoms with Gasteiger partial charge >= 0.3 is 0 Å². The van der Waals surface area contributed by atoms with E-state index in [0.717, 1.165) is 32.2 Å². The van der Waals surface area contributed by atoms with Crippen molar-refractivity contribution in [2.45, 2.75) is 44.7 Å². The van der Waals surface area contributed by atoms with Crippen molar-refractivity contribution in [2.75, 3.05) is 20.2 Å². The molecule has 0 heterocycles. The number of aliphatic hydroxyl groups is 1. The highest BCUT2D eigenvalue weighted by molar-refractivity contribution is 5.78. The third-order valence-corrected chi connectivity index (χ3v) is 4.45. The first kappa shape index (κ1) is 17.0. The molecule has 2 unspecified atom stereocenters. The highest BCUT2D eigenvalue weighted by Gasteiger charge is 2.24. The Morgan fingerprint density at radius 3 is 2.68 bits per heavy atom. The van der Waals surface area contributed by atoms with Crippen LogP contribution in [-0.2, 0) is 11.3 Å². The summed E-state index contributed by atoms with van der Waals surface area (Å²) in [5.41, 5.74) is 1.21. The van der Waals surface area contributed by atoms with Crippen LogP contribution in [0.4, 0.5) is 0 Å². The third-order valence-electron chi connectivity index (χ3n) is 4.45. The first-order valence-corrected chi connectivity index (χ1v) is 8.31. The predicted molar refractivity (Wildman–Crippen MR) is 88.4 cm³/mol. The Hall–Kier alpha value is -1.39. The molecule has 1 aromatic carbocycles. The molecule has 0 radical (unpaired) electrons. The smallest absolute Gasteiger partial charge is 0.234 e. The zero-order valence-electron chi connectivity index (χ0n) is 13.5. The van der Waals surface area contributed by atoms with Gasteiger partial charge in [-0.2, -0.15) is 0 Å². The van der Waals surface area contributed by atoms with Crippen LogP contribution in [0.1, 0.15) is 37.7 Å². The number of hydrogen-bond acceptors (Lipinski definition) is 3. The second-order valence-corrected chi connectivity index (χ2v) is 6.41. The molecule has 0 bridgehead atoms. The zero-order chi connectivity index (χ0) is 15.8. The number of nitrogens with zero attached hydrogens (tertiary/aromatic N) is 1. The molecule has 1 aromatic rings. The second kappa shape index (κ2) is 8.91. The summed E-state index contributed by atoms with van der Waals surface area (Å²) in [6.45, 7) is 1.33. The van der Waals surface area contributed by atoms with E-state index in [-0.39, 0.29) is 24.5 Å². The molecule has 1 saturated carbocycles. The van der Waals surface area contributed by atoms with E-state index in [4.69, 9.17) is 0 Å². The van der Waals surface area contributed by atoms with Gasteiger partial charge in [0.25, 0.3) is 0 Å². The average Bonchev–Trinajstić information content (AvgIpc) is 2.72. The molecule has 122 valence electrons. The summed E-state index contributed by atoms with van der Waals surface area (Å²) < 4.78 is 0. The van der Waals surface area contributed by atoms with E-state index >= 15 is 0 Å². The van der Waals surface area contributed by atoms with Crippen molar-refractivity contribution in [2.24, 2.45) is 5.92 Å². The van der Waals surface area contributed by atoms with Gasteiger partial charge in [-0.15, -0.1) is 0 Å². The Labute approximate surface area is 133 Å². The molecule has 1 amide bonds. The number of carbonyl (C=O) groups is 1. The fourth-order valence-corrected chi connectivity index (χ4v) is 3.24. The van der Waals surface area contributed by atoms with Gasteiger partial charge in [0.05, 0.1) is 6.54 Å². The highest BCUT2D eigenvalue weighted by Crippen LogP contribution is 2.23. The van der Waals surface area contributed by atoms with E-state index in [1.165, 1.54) is 12.0 Å². The van der Waals surface area contributed by atoms with Gasteiger partial charge in [-0.1, -0.05) is 49.6 Å². The van der Waals surface area contributed by atoms with Gasteiger partial charge < -0.3 is 10.4 Å². The maximum Gasteiger partial charge on any atom is 0.234 e. The molecule has 22 heavy (non-hydrogen) atoms. The van der Waals surface area contributed by atoms with Crippen LogP contribution in [0.2, 0.25) is 0 Å². The first-order valence-electron chi connectivity index (χ1n) is 8.31. The molecule has 4 nitrogen and oxygen atoms in total. The fourth-order valence-electron chi connectivity index (χ4n) is 3.24. The summed E-state index contributed by atoms with van der Waals surface area (Å²) in [4.78, 5) is 14.3. The van der Waals surface area contributed by atoms with E-state index in [1.807, 2.05) is 30.1 Å². The number of amides is 1. The Morgan fingerprint density at radius 1 is 1.23 bits per heavy atom. The lowest BCUT2D eigenvalue weighted by Crippen LogP contribution is -2.45. The molecule has 0 spiro atoms. The molecule has 4 heteroatoms. The van der Waals surface area contributed by atoms with E-state index in [0.29, 0.717) is 6.54 Å². The summed E-state index contributed by atoms with van der Waals surface area (Å²) in [7, 11) is 1.96. The summed E-state index contributed by atoms with van der Waals surface area (Å²) in [6, 6.07) is 10.3. The summed E-state index contributed by atoms with van der Waals surface area (Å²) in [5, 5.41) is 12.7. The van der Waals surface area contributed by atoms with Gasteiger partial charge in [0.1, 0.15) is 0 Å². The van der Waals surface area contributed by atoms with Crippen LogP contribution in [0.5, 0.6) is 0 Å². The standard InChI is InChI=1S/C18H28N2O2/c1-20(12-15-8-4-2-5-9-15)13-18(22)19-17-11-7-3-6-10-16(17)14-21/h2,4-5,8-9,16-17,21H,3,6-7,10-14H2,1H3,(H,19,22). The average molecular weight is 304 g/mol. The number of nitrogens with one attached hydrogen (secondary N) is 1. The Balaban J connectivity index is 1.80. The molecule has 1 fully saturated rings. The minimum atomic E-state index is 0.0591. The second-order valence-electron chi connectivity index (χ2n) is 6.41. The predicted octanol–water partition coefficient (Wildman–Crippen LogP) is 2.18. The number of rotatable bonds is 6. The highest BCUT2D eigenvalue weighted by atomic mass is 16.3. The van der Waals surface area contributed by atoms with Crippen molar-refractivity contribution in [1.82, 2.24) is 10.2 Å². The monoisotopic (exact) mass is 304 g/mol. The van der Waals surface area contributed by atoms with Crippen LogP contribution < -0.4 is 5.32 Å². The lowest BCUT2D eigenvalue weighted by atomic mass is 9.95. The number of carbonyl (C=O) groups excluding carboxylic acids is 1. The van der Waals surface area contributed by atoms with Crippen LogP contribution >= 0.6 is 0 Å². The minimum absolute atomic E-state index is 0.0591. The largest absolute Gasteiger partial charge is 0.396 e. The molecule has 2 rings (SSSR count). The van der Waals surface area contributed by atoms with Gasteiger partial charge in [0.15, 0.2) is 0 Å². The van der Waals surface area contributed by atoms with Crippen molar-refractivity contribution >= 4 is 5.91 Å². The van der Waals surface area contributed by atoms with Crippen molar-refractivity contribution in [3.05, 3.63) is 35.9 Å². The van der Waals surface area contributed by atoms with Gasteiger partial charge in [0, 0.05) is 25.1 Å². The molecular formula is C18H28N2O2. The maximum atomic E-state index is 12.3. The van der Waals surface area contributed by atoms with Crippen LogP contribution in [0.25, 0.3) is 0 Å². The molecule has 2 N–H and O–H groups in total. The first-order chi connectivity index (χ1) is 10.7. The van der Waals surface area contributed by atoms with Crippen molar-refractivity contribution in [3.8, 4) is 0 Å². The summed E-state index contributed by atoms with van der Waals surface area (Å²) in [6.07, 6.45) is 5.50. The van der Waals surface area contributed by atoms with Crippen LogP contribution in [0.15, 0.2) is 30.3 Å². The molecule has 0 aromatic heterocycles. The minimum Gasteiger partial charge on any atom is -0.396 e. The Kier molecular flexibility index (Phi) is 6.87.